The predicted octanol–water partition coefficient (Wildman–Crippen LogP) is 3.94. The van der Waals surface area contributed by atoms with Crippen molar-refractivity contribution in [2.75, 3.05) is 5.32 Å². The van der Waals surface area contributed by atoms with Crippen LogP contribution in [0.3, 0.4) is 0 Å². The van der Waals surface area contributed by atoms with E-state index in [1.54, 1.807) is 6.07 Å². The minimum atomic E-state index is -1.13. The molecule has 1 aromatic carbocycles. The van der Waals surface area contributed by atoms with Gasteiger partial charge in [0.15, 0.2) is 0 Å². The summed E-state index contributed by atoms with van der Waals surface area (Å²) in [5.74, 6) is -1.65. The van der Waals surface area contributed by atoms with Crippen molar-refractivity contribution in [3.05, 3.63) is 55.3 Å². The average molecular weight is 437 g/mol. The number of benzene rings is 1. The summed E-state index contributed by atoms with van der Waals surface area (Å²) in [5, 5.41) is 11.9. The first-order chi connectivity index (χ1) is 9.88. The lowest BCUT2D eigenvalue weighted by Gasteiger charge is -2.09. The zero-order valence-corrected chi connectivity index (χ0v) is 13.9. The Morgan fingerprint density at radius 2 is 1.95 bits per heavy atom. The highest BCUT2D eigenvalue weighted by Crippen LogP contribution is 2.22. The Morgan fingerprint density at radius 3 is 2.57 bits per heavy atom. The van der Waals surface area contributed by atoms with Crippen molar-refractivity contribution in [2.45, 2.75) is 0 Å². The van der Waals surface area contributed by atoms with Crippen LogP contribution in [0.2, 0.25) is 10.2 Å². The summed E-state index contributed by atoms with van der Waals surface area (Å²) in [6.07, 6.45) is 1.26. The Morgan fingerprint density at radius 1 is 1.24 bits per heavy atom. The number of amides is 1. The molecule has 2 N–H and O–H groups in total. The number of nitrogens with one attached hydrogen (secondary N) is 1. The molecule has 8 heteroatoms. The summed E-state index contributed by atoms with van der Waals surface area (Å²) in [6, 6.07) is 6.04. The smallest absolute Gasteiger partial charge is 0.337 e. The van der Waals surface area contributed by atoms with Crippen molar-refractivity contribution >= 4 is 63.4 Å². The summed E-state index contributed by atoms with van der Waals surface area (Å²) < 4.78 is 0.749. The Hall–Kier alpha value is -1.38. The third kappa shape index (κ3) is 3.84. The third-order valence-electron chi connectivity index (χ3n) is 2.52. The van der Waals surface area contributed by atoms with Crippen LogP contribution in [-0.2, 0) is 0 Å². The van der Waals surface area contributed by atoms with Crippen LogP contribution >= 0.6 is 45.8 Å². The second-order valence-electron chi connectivity index (χ2n) is 3.95. The van der Waals surface area contributed by atoms with Crippen molar-refractivity contribution in [1.82, 2.24) is 4.98 Å². The fourth-order valence-electron chi connectivity index (χ4n) is 1.54. The first-order valence-corrected chi connectivity index (χ1v) is 7.37. The van der Waals surface area contributed by atoms with Crippen LogP contribution < -0.4 is 5.32 Å². The number of carboxylic acid groups (broad SMARTS) is 1. The number of carbonyl (C=O) groups is 2. The molecule has 0 unspecified atom stereocenters. The molecule has 0 radical (unpaired) electrons. The second-order valence-corrected chi connectivity index (χ2v) is 5.96. The Labute approximate surface area is 143 Å². The van der Waals surface area contributed by atoms with Gasteiger partial charge in [0.2, 0.25) is 0 Å². The van der Waals surface area contributed by atoms with Gasteiger partial charge in [0.1, 0.15) is 5.15 Å². The van der Waals surface area contributed by atoms with Gasteiger partial charge in [0, 0.05) is 9.77 Å². The summed E-state index contributed by atoms with van der Waals surface area (Å²) in [6.45, 7) is 0. The number of rotatable bonds is 3. The van der Waals surface area contributed by atoms with Crippen molar-refractivity contribution in [3.8, 4) is 0 Å². The SMILES string of the molecule is O=C(Nc1ccc(I)cc1C(=O)O)c1cnc(Cl)c(Cl)c1. The molecule has 0 fully saturated rings. The van der Waals surface area contributed by atoms with E-state index < -0.39 is 11.9 Å². The molecule has 0 aliphatic rings. The van der Waals surface area contributed by atoms with E-state index in [2.05, 4.69) is 10.3 Å². The van der Waals surface area contributed by atoms with Crippen LogP contribution in [-0.4, -0.2) is 22.0 Å². The minimum Gasteiger partial charge on any atom is -0.478 e. The lowest BCUT2D eigenvalue weighted by atomic mass is 10.1. The normalized spacial score (nSPS) is 10.2. The average Bonchev–Trinajstić information content (AvgIpc) is 2.43. The van der Waals surface area contributed by atoms with Crippen molar-refractivity contribution in [2.24, 2.45) is 0 Å². The van der Waals surface area contributed by atoms with Gasteiger partial charge in [-0.1, -0.05) is 23.2 Å². The van der Waals surface area contributed by atoms with E-state index in [0.29, 0.717) is 0 Å². The first-order valence-electron chi connectivity index (χ1n) is 5.53. The van der Waals surface area contributed by atoms with Crippen molar-refractivity contribution in [3.63, 3.8) is 0 Å². The molecule has 0 spiro atoms. The highest BCUT2D eigenvalue weighted by atomic mass is 127. The molecular formula is C13H7Cl2IN2O3. The van der Waals surface area contributed by atoms with Crippen molar-refractivity contribution in [1.29, 1.82) is 0 Å². The molecule has 0 saturated heterocycles. The highest BCUT2D eigenvalue weighted by Gasteiger charge is 2.15. The predicted molar refractivity (Wildman–Crippen MR) is 88.3 cm³/mol. The second kappa shape index (κ2) is 6.59. The van der Waals surface area contributed by atoms with E-state index in [1.165, 1.54) is 24.4 Å². The molecule has 21 heavy (non-hydrogen) atoms. The van der Waals surface area contributed by atoms with Gasteiger partial charge in [0.25, 0.3) is 5.91 Å². The summed E-state index contributed by atoms with van der Waals surface area (Å²) >= 11 is 13.5. The molecule has 108 valence electrons. The van der Waals surface area contributed by atoms with Crippen LogP contribution in [0.1, 0.15) is 20.7 Å². The van der Waals surface area contributed by atoms with Gasteiger partial charge in [-0.05, 0) is 46.9 Å². The van der Waals surface area contributed by atoms with Crippen LogP contribution in [0.25, 0.3) is 0 Å². The van der Waals surface area contributed by atoms with Gasteiger partial charge >= 0.3 is 5.97 Å². The number of aromatic nitrogens is 1. The topological polar surface area (TPSA) is 79.3 Å². The number of pyridine rings is 1. The molecule has 0 aliphatic carbocycles. The maximum absolute atomic E-state index is 12.1. The highest BCUT2D eigenvalue weighted by molar-refractivity contribution is 14.1. The number of halogens is 3. The van der Waals surface area contributed by atoms with Gasteiger partial charge in [-0.3, -0.25) is 4.79 Å². The zero-order chi connectivity index (χ0) is 15.6. The standard InChI is InChI=1S/C13H7Cl2IN2O3/c14-9-3-6(5-17-11(9)15)12(19)18-10-2-1-7(16)4-8(10)13(20)21/h1-5H,(H,18,19)(H,20,21). The summed E-state index contributed by atoms with van der Waals surface area (Å²) in [4.78, 5) is 27.0. The molecule has 5 nitrogen and oxygen atoms in total. The number of carbonyl (C=O) groups excluding carboxylic acids is 1. The van der Waals surface area contributed by atoms with Crippen LogP contribution in [0.15, 0.2) is 30.5 Å². The maximum Gasteiger partial charge on any atom is 0.337 e. The molecule has 0 saturated carbocycles. The first kappa shape index (κ1) is 16.0. The number of anilines is 1. The number of aromatic carboxylic acids is 1. The monoisotopic (exact) mass is 436 g/mol. The lowest BCUT2D eigenvalue weighted by molar-refractivity contribution is 0.0698. The lowest BCUT2D eigenvalue weighted by Crippen LogP contribution is -2.15. The van der Waals surface area contributed by atoms with Gasteiger partial charge in [0.05, 0.1) is 21.8 Å². The van der Waals surface area contributed by atoms with E-state index in [4.69, 9.17) is 28.3 Å². The fourth-order valence-corrected chi connectivity index (χ4v) is 2.30. The van der Waals surface area contributed by atoms with E-state index in [0.717, 1.165) is 3.57 Å². The molecule has 2 rings (SSSR count). The van der Waals surface area contributed by atoms with E-state index in [1.807, 2.05) is 22.6 Å². The van der Waals surface area contributed by atoms with Crippen LogP contribution in [0, 0.1) is 3.57 Å². The maximum atomic E-state index is 12.1. The van der Waals surface area contributed by atoms with E-state index in [-0.39, 0.29) is 27.0 Å². The summed E-state index contributed by atoms with van der Waals surface area (Å²) in [7, 11) is 0. The van der Waals surface area contributed by atoms with Gasteiger partial charge in [-0.25, -0.2) is 9.78 Å². The molecule has 2 aromatic rings. The molecular weight excluding hydrogens is 430 g/mol. The van der Waals surface area contributed by atoms with E-state index >= 15 is 0 Å². The Kier molecular flexibility index (Phi) is 5.02. The molecule has 1 heterocycles. The number of nitrogens with zero attached hydrogens (tertiary/aromatic N) is 1. The number of carboxylic acids is 1. The van der Waals surface area contributed by atoms with Crippen LogP contribution in [0.5, 0.6) is 0 Å². The van der Waals surface area contributed by atoms with E-state index in [9.17, 15) is 9.59 Å². The minimum absolute atomic E-state index is 0.00303. The van der Waals surface area contributed by atoms with Crippen LogP contribution in [0.4, 0.5) is 5.69 Å². The quantitative estimate of drug-likeness (QED) is 0.564. The van der Waals surface area contributed by atoms with Crippen molar-refractivity contribution < 1.29 is 14.7 Å². The molecule has 0 bridgehead atoms. The molecule has 1 amide bonds. The number of hydrogen-bond acceptors (Lipinski definition) is 3. The Balaban J connectivity index is 2.31. The number of hydrogen-bond donors (Lipinski definition) is 2. The fraction of sp³-hybridized carbons (Fsp3) is 0. The molecule has 0 atom stereocenters. The Bertz CT molecular complexity index is 737. The molecule has 0 aliphatic heterocycles. The third-order valence-corrected chi connectivity index (χ3v) is 3.88. The molecule has 1 aromatic heterocycles. The van der Waals surface area contributed by atoms with Gasteiger partial charge in [-0.15, -0.1) is 0 Å². The largest absolute Gasteiger partial charge is 0.478 e. The van der Waals surface area contributed by atoms with Gasteiger partial charge < -0.3 is 10.4 Å². The van der Waals surface area contributed by atoms with Gasteiger partial charge in [-0.2, -0.15) is 0 Å². The summed E-state index contributed by atoms with van der Waals surface area (Å²) in [5.41, 5.74) is 0.376. The zero-order valence-electron chi connectivity index (χ0n) is 10.2.